The molecular formula is C8H10O6. The lowest BCUT2D eigenvalue weighted by atomic mass is 10.0. The van der Waals surface area contributed by atoms with Crippen molar-refractivity contribution >= 4 is 0 Å². The molecule has 0 bridgehead atoms. The molecule has 6 heteroatoms. The van der Waals surface area contributed by atoms with Gasteiger partial charge in [0.05, 0.1) is 5.56 Å². The van der Waals surface area contributed by atoms with Gasteiger partial charge in [-0.25, -0.2) is 0 Å². The van der Waals surface area contributed by atoms with Crippen LogP contribution in [0.5, 0.6) is 23.0 Å². The number of aromatic hydroxyl groups is 4. The van der Waals surface area contributed by atoms with Gasteiger partial charge in [-0.05, 0) is 6.92 Å². The molecule has 1 aromatic carbocycles. The zero-order valence-corrected chi connectivity index (χ0v) is 7.26. The van der Waals surface area contributed by atoms with Gasteiger partial charge >= 0.3 is 0 Å². The number of benzene rings is 1. The summed E-state index contributed by atoms with van der Waals surface area (Å²) in [5.41, 5.74) is -0.564. The van der Waals surface area contributed by atoms with Crippen LogP contribution in [0, 0.1) is 6.92 Å². The van der Waals surface area contributed by atoms with Crippen molar-refractivity contribution in [3.63, 3.8) is 0 Å². The van der Waals surface area contributed by atoms with Gasteiger partial charge < -0.3 is 30.6 Å². The molecule has 0 saturated carbocycles. The Hall–Kier alpha value is -1.66. The third-order valence-corrected chi connectivity index (χ3v) is 1.95. The number of aliphatic hydroxyl groups is 2. The fourth-order valence-corrected chi connectivity index (χ4v) is 1.15. The van der Waals surface area contributed by atoms with Crippen LogP contribution >= 0.6 is 0 Å². The van der Waals surface area contributed by atoms with Crippen LogP contribution in [-0.2, 0) is 0 Å². The Kier molecular flexibility index (Phi) is 2.41. The van der Waals surface area contributed by atoms with Gasteiger partial charge in [0.2, 0.25) is 11.5 Å². The maximum Gasteiger partial charge on any atom is 0.204 e. The molecule has 6 N–H and O–H groups in total. The zero-order chi connectivity index (χ0) is 11.0. The van der Waals surface area contributed by atoms with Crippen molar-refractivity contribution in [3.05, 3.63) is 11.1 Å². The van der Waals surface area contributed by atoms with Crippen molar-refractivity contribution < 1.29 is 30.6 Å². The molecule has 0 aliphatic carbocycles. The Morgan fingerprint density at radius 3 is 1.64 bits per heavy atom. The third kappa shape index (κ3) is 1.30. The summed E-state index contributed by atoms with van der Waals surface area (Å²) in [5.74, 6) is -3.46. The number of hydrogen-bond donors (Lipinski definition) is 6. The van der Waals surface area contributed by atoms with Crippen LogP contribution in [0.3, 0.4) is 0 Å². The normalized spacial score (nSPS) is 10.9. The van der Waals surface area contributed by atoms with E-state index in [4.69, 9.17) is 20.4 Å². The van der Waals surface area contributed by atoms with Crippen LogP contribution in [0.1, 0.15) is 17.4 Å². The van der Waals surface area contributed by atoms with Crippen LogP contribution in [0.2, 0.25) is 0 Å². The van der Waals surface area contributed by atoms with Crippen molar-refractivity contribution in [1.82, 2.24) is 0 Å². The van der Waals surface area contributed by atoms with E-state index in [0.717, 1.165) is 0 Å². The van der Waals surface area contributed by atoms with Crippen molar-refractivity contribution in [2.24, 2.45) is 0 Å². The molecule has 0 spiro atoms. The van der Waals surface area contributed by atoms with Crippen LogP contribution in [0.25, 0.3) is 0 Å². The molecule has 0 amide bonds. The zero-order valence-electron chi connectivity index (χ0n) is 7.26. The fraction of sp³-hybridized carbons (Fsp3) is 0.250. The SMILES string of the molecule is Cc1c(O)c(O)c(O)c(O)c1C(O)O. The van der Waals surface area contributed by atoms with E-state index in [1.807, 2.05) is 0 Å². The predicted molar refractivity (Wildman–Crippen MR) is 45.0 cm³/mol. The molecule has 0 fully saturated rings. The van der Waals surface area contributed by atoms with E-state index in [9.17, 15) is 10.2 Å². The summed E-state index contributed by atoms with van der Waals surface area (Å²) in [6.45, 7) is 1.25. The number of aliphatic hydroxyl groups excluding tert-OH is 1. The van der Waals surface area contributed by atoms with Gasteiger partial charge in [0.1, 0.15) is 0 Å². The quantitative estimate of drug-likeness (QED) is 0.213. The van der Waals surface area contributed by atoms with Crippen molar-refractivity contribution in [1.29, 1.82) is 0 Å². The molecular weight excluding hydrogens is 192 g/mol. The Bertz CT molecular complexity index is 342. The van der Waals surface area contributed by atoms with E-state index >= 15 is 0 Å². The van der Waals surface area contributed by atoms with E-state index in [1.165, 1.54) is 6.92 Å². The second-order valence-electron chi connectivity index (χ2n) is 2.81. The first-order chi connectivity index (χ1) is 6.37. The van der Waals surface area contributed by atoms with Crippen LogP contribution in [-0.4, -0.2) is 30.6 Å². The summed E-state index contributed by atoms with van der Waals surface area (Å²) in [6.07, 6.45) is -2.05. The second-order valence-corrected chi connectivity index (χ2v) is 2.81. The smallest absolute Gasteiger partial charge is 0.204 e. The molecule has 14 heavy (non-hydrogen) atoms. The highest BCUT2D eigenvalue weighted by molar-refractivity contribution is 5.64. The summed E-state index contributed by atoms with van der Waals surface area (Å²) in [5, 5.41) is 54.2. The maximum absolute atomic E-state index is 9.21. The van der Waals surface area contributed by atoms with Crippen LogP contribution < -0.4 is 0 Å². The first-order valence-corrected chi connectivity index (χ1v) is 3.70. The molecule has 0 radical (unpaired) electrons. The Morgan fingerprint density at radius 1 is 0.786 bits per heavy atom. The van der Waals surface area contributed by atoms with E-state index in [2.05, 4.69) is 0 Å². The topological polar surface area (TPSA) is 121 Å². The first kappa shape index (κ1) is 10.4. The standard InChI is InChI=1S/C8H10O6/c1-2-3(8(13)14)5(10)7(12)6(11)4(2)9/h8-14H,1H3. The molecule has 6 nitrogen and oxygen atoms in total. The highest BCUT2D eigenvalue weighted by atomic mass is 16.5. The van der Waals surface area contributed by atoms with Crippen LogP contribution in [0.4, 0.5) is 0 Å². The first-order valence-electron chi connectivity index (χ1n) is 3.70. The molecule has 0 atom stereocenters. The van der Waals surface area contributed by atoms with Crippen molar-refractivity contribution in [2.75, 3.05) is 0 Å². The number of hydrogen-bond acceptors (Lipinski definition) is 6. The van der Waals surface area contributed by atoms with Gasteiger partial charge in [-0.15, -0.1) is 0 Å². The third-order valence-electron chi connectivity index (χ3n) is 1.95. The molecule has 0 aliphatic heterocycles. The van der Waals surface area contributed by atoms with E-state index in [1.54, 1.807) is 0 Å². The van der Waals surface area contributed by atoms with E-state index in [0.29, 0.717) is 0 Å². The molecule has 1 rings (SSSR count). The minimum atomic E-state index is -2.05. The minimum absolute atomic E-state index is 0.118. The van der Waals surface area contributed by atoms with Gasteiger partial charge in [0.25, 0.3) is 0 Å². The largest absolute Gasteiger partial charge is 0.504 e. The molecule has 0 heterocycles. The molecule has 0 aromatic heterocycles. The average molecular weight is 202 g/mol. The molecule has 0 saturated heterocycles. The monoisotopic (exact) mass is 202 g/mol. The molecule has 1 aromatic rings. The minimum Gasteiger partial charge on any atom is -0.504 e. The van der Waals surface area contributed by atoms with Crippen molar-refractivity contribution in [2.45, 2.75) is 13.2 Å². The van der Waals surface area contributed by atoms with Crippen molar-refractivity contribution in [3.8, 4) is 23.0 Å². The lowest BCUT2D eigenvalue weighted by Gasteiger charge is -2.14. The van der Waals surface area contributed by atoms with Gasteiger partial charge in [-0.2, -0.15) is 0 Å². The lowest BCUT2D eigenvalue weighted by molar-refractivity contribution is -0.0447. The highest BCUT2D eigenvalue weighted by Gasteiger charge is 2.23. The molecule has 0 aliphatic rings. The van der Waals surface area contributed by atoms with Gasteiger partial charge in [0, 0.05) is 5.56 Å². The van der Waals surface area contributed by atoms with Crippen LogP contribution in [0.15, 0.2) is 0 Å². The predicted octanol–water partition coefficient (Wildman–Crippen LogP) is -0.199. The summed E-state index contributed by atoms with van der Waals surface area (Å²) < 4.78 is 0. The van der Waals surface area contributed by atoms with Gasteiger partial charge in [-0.3, -0.25) is 0 Å². The maximum atomic E-state index is 9.21. The highest BCUT2D eigenvalue weighted by Crippen LogP contribution is 2.48. The summed E-state index contributed by atoms with van der Waals surface area (Å²) in [7, 11) is 0. The Balaban J connectivity index is 3.60. The summed E-state index contributed by atoms with van der Waals surface area (Å²) in [6, 6.07) is 0. The Morgan fingerprint density at radius 2 is 1.21 bits per heavy atom. The number of phenolic OH excluding ortho intramolecular Hbond substituents is 4. The average Bonchev–Trinajstić information content (AvgIpc) is 2.11. The van der Waals surface area contributed by atoms with Gasteiger partial charge in [0.15, 0.2) is 17.8 Å². The number of rotatable bonds is 1. The second kappa shape index (κ2) is 3.24. The number of phenols is 4. The molecule has 78 valence electrons. The Labute approximate surface area is 78.9 Å². The fourth-order valence-electron chi connectivity index (χ4n) is 1.15. The van der Waals surface area contributed by atoms with E-state index < -0.39 is 34.9 Å². The lowest BCUT2D eigenvalue weighted by Crippen LogP contribution is -1.99. The van der Waals surface area contributed by atoms with E-state index in [-0.39, 0.29) is 5.56 Å². The van der Waals surface area contributed by atoms with Gasteiger partial charge in [-0.1, -0.05) is 0 Å². The molecule has 0 unspecified atom stereocenters. The summed E-state index contributed by atoms with van der Waals surface area (Å²) in [4.78, 5) is 0. The summed E-state index contributed by atoms with van der Waals surface area (Å²) >= 11 is 0.